The summed E-state index contributed by atoms with van der Waals surface area (Å²) < 4.78 is 4.33. The molecule has 7 nitrogen and oxygen atoms in total. The van der Waals surface area contributed by atoms with E-state index < -0.39 is 24.0 Å². The van der Waals surface area contributed by atoms with Crippen molar-refractivity contribution in [2.75, 3.05) is 20.2 Å². The number of carboxylic acid groups (broad SMARTS) is 1. The van der Waals surface area contributed by atoms with Gasteiger partial charge in [0.05, 0.1) is 13.7 Å². The topological polar surface area (TPSA) is 95.9 Å². The number of methoxy groups -OCH3 is 1. The fourth-order valence-electron chi connectivity index (χ4n) is 2.47. The van der Waals surface area contributed by atoms with Crippen molar-refractivity contribution in [2.45, 2.75) is 12.5 Å². The van der Waals surface area contributed by atoms with Gasteiger partial charge in [0.1, 0.15) is 6.04 Å². The molecule has 112 valence electrons. The van der Waals surface area contributed by atoms with Crippen LogP contribution in [0.2, 0.25) is 0 Å². The average Bonchev–Trinajstić information content (AvgIpc) is 2.46. The van der Waals surface area contributed by atoms with Crippen molar-refractivity contribution in [2.24, 2.45) is 0 Å². The van der Waals surface area contributed by atoms with Gasteiger partial charge in [-0.15, -0.1) is 0 Å². The van der Waals surface area contributed by atoms with Crippen LogP contribution in [0.15, 0.2) is 24.3 Å². The van der Waals surface area contributed by atoms with E-state index in [1.807, 2.05) is 17.4 Å². The summed E-state index contributed by atoms with van der Waals surface area (Å²) in [6, 6.07) is 6.37. The van der Waals surface area contributed by atoms with E-state index in [0.29, 0.717) is 18.5 Å². The second-order valence-electron chi connectivity index (χ2n) is 4.70. The summed E-state index contributed by atoms with van der Waals surface area (Å²) in [5.74, 6) is -1.61. The van der Waals surface area contributed by atoms with Gasteiger partial charge < -0.3 is 9.84 Å². The SMILES string of the molecule is COC(=O)NC(=O)CN1CCc2ccccc2C1C(=O)O. The van der Waals surface area contributed by atoms with Crippen LogP contribution in [0.1, 0.15) is 17.2 Å². The van der Waals surface area contributed by atoms with E-state index in [0.717, 1.165) is 12.7 Å². The van der Waals surface area contributed by atoms with Crippen LogP contribution in [0.4, 0.5) is 4.79 Å². The maximum Gasteiger partial charge on any atom is 0.413 e. The lowest BCUT2D eigenvalue weighted by atomic mass is 9.92. The zero-order valence-corrected chi connectivity index (χ0v) is 11.5. The van der Waals surface area contributed by atoms with Crippen molar-refractivity contribution in [3.05, 3.63) is 35.4 Å². The van der Waals surface area contributed by atoms with Gasteiger partial charge in [-0.3, -0.25) is 19.8 Å². The molecule has 7 heteroatoms. The van der Waals surface area contributed by atoms with Crippen LogP contribution in [0, 0.1) is 0 Å². The quantitative estimate of drug-likeness (QED) is 0.844. The Morgan fingerprint density at radius 1 is 1.38 bits per heavy atom. The normalized spacial score (nSPS) is 17.7. The first kappa shape index (κ1) is 15.0. The molecule has 1 unspecified atom stereocenters. The van der Waals surface area contributed by atoms with Gasteiger partial charge in [0.25, 0.3) is 0 Å². The Bertz CT molecular complexity index is 572. The number of carbonyl (C=O) groups excluding carboxylic acids is 2. The number of rotatable bonds is 3. The largest absolute Gasteiger partial charge is 0.480 e. The Hall–Kier alpha value is -2.41. The summed E-state index contributed by atoms with van der Waals surface area (Å²) in [6.45, 7) is 0.253. The van der Waals surface area contributed by atoms with E-state index in [1.54, 1.807) is 12.1 Å². The van der Waals surface area contributed by atoms with Crippen molar-refractivity contribution < 1.29 is 24.2 Å². The van der Waals surface area contributed by atoms with E-state index in [2.05, 4.69) is 4.74 Å². The highest BCUT2D eigenvalue weighted by atomic mass is 16.5. The molecule has 1 atom stereocenters. The molecule has 0 bridgehead atoms. The van der Waals surface area contributed by atoms with Gasteiger partial charge in [-0.25, -0.2) is 4.79 Å². The second-order valence-corrected chi connectivity index (χ2v) is 4.70. The van der Waals surface area contributed by atoms with Crippen molar-refractivity contribution >= 4 is 18.0 Å². The molecule has 0 saturated carbocycles. The minimum Gasteiger partial charge on any atom is -0.480 e. The lowest BCUT2D eigenvalue weighted by Crippen LogP contribution is -2.46. The Morgan fingerprint density at radius 3 is 2.76 bits per heavy atom. The molecule has 1 heterocycles. The van der Waals surface area contributed by atoms with Gasteiger partial charge in [0.15, 0.2) is 0 Å². The number of nitrogens with zero attached hydrogens (tertiary/aromatic N) is 1. The van der Waals surface area contributed by atoms with Crippen LogP contribution in [-0.4, -0.2) is 48.2 Å². The highest BCUT2D eigenvalue weighted by Gasteiger charge is 2.33. The molecule has 1 aliphatic heterocycles. The number of nitrogens with one attached hydrogen (secondary N) is 1. The molecule has 1 aromatic carbocycles. The molecular formula is C14H16N2O5. The molecule has 0 aromatic heterocycles. The van der Waals surface area contributed by atoms with E-state index in [4.69, 9.17) is 0 Å². The number of fused-ring (bicyclic) bond motifs is 1. The number of hydrogen-bond donors (Lipinski definition) is 2. The average molecular weight is 292 g/mol. The Labute approximate surface area is 121 Å². The Balaban J connectivity index is 2.15. The van der Waals surface area contributed by atoms with Crippen LogP contribution < -0.4 is 5.32 Å². The maximum atomic E-state index is 11.7. The van der Waals surface area contributed by atoms with Crippen LogP contribution in [0.3, 0.4) is 0 Å². The molecular weight excluding hydrogens is 276 g/mol. The molecule has 0 aliphatic carbocycles. The summed E-state index contributed by atoms with van der Waals surface area (Å²) >= 11 is 0. The number of carboxylic acids is 1. The minimum absolute atomic E-state index is 0.180. The lowest BCUT2D eigenvalue weighted by molar-refractivity contribution is -0.144. The maximum absolute atomic E-state index is 11.7. The van der Waals surface area contributed by atoms with Gasteiger partial charge in [0.2, 0.25) is 5.91 Å². The molecule has 21 heavy (non-hydrogen) atoms. The number of benzene rings is 1. The van der Waals surface area contributed by atoms with Crippen molar-refractivity contribution in [3.8, 4) is 0 Å². The number of amides is 2. The predicted octanol–water partition coefficient (Wildman–Crippen LogP) is 0.553. The first-order valence-electron chi connectivity index (χ1n) is 6.45. The predicted molar refractivity (Wildman–Crippen MR) is 72.6 cm³/mol. The zero-order valence-electron chi connectivity index (χ0n) is 11.5. The Morgan fingerprint density at radius 2 is 2.10 bits per heavy atom. The molecule has 1 aromatic rings. The van der Waals surface area contributed by atoms with Gasteiger partial charge in [-0.1, -0.05) is 24.3 Å². The third-order valence-corrected chi connectivity index (χ3v) is 3.39. The highest BCUT2D eigenvalue weighted by molar-refractivity contribution is 5.93. The van der Waals surface area contributed by atoms with E-state index in [-0.39, 0.29) is 6.54 Å². The van der Waals surface area contributed by atoms with Gasteiger partial charge in [-0.05, 0) is 17.5 Å². The fraction of sp³-hybridized carbons (Fsp3) is 0.357. The number of imide groups is 1. The third-order valence-electron chi connectivity index (χ3n) is 3.39. The minimum atomic E-state index is -1.02. The monoisotopic (exact) mass is 292 g/mol. The van der Waals surface area contributed by atoms with Gasteiger partial charge in [-0.2, -0.15) is 0 Å². The highest BCUT2D eigenvalue weighted by Crippen LogP contribution is 2.29. The molecule has 0 fully saturated rings. The zero-order chi connectivity index (χ0) is 15.4. The van der Waals surface area contributed by atoms with Gasteiger partial charge >= 0.3 is 12.1 Å². The number of carbonyl (C=O) groups is 3. The summed E-state index contributed by atoms with van der Waals surface area (Å²) in [7, 11) is 1.15. The number of hydrogen-bond acceptors (Lipinski definition) is 5. The number of aliphatic carboxylic acids is 1. The van der Waals surface area contributed by atoms with Crippen molar-refractivity contribution in [1.29, 1.82) is 0 Å². The summed E-state index contributed by atoms with van der Waals surface area (Å²) in [6.07, 6.45) is -0.199. The Kier molecular flexibility index (Phi) is 4.54. The van der Waals surface area contributed by atoms with Crippen molar-refractivity contribution in [3.63, 3.8) is 0 Å². The summed E-state index contributed by atoms with van der Waals surface area (Å²) in [5, 5.41) is 11.5. The fourth-order valence-corrected chi connectivity index (χ4v) is 2.47. The van der Waals surface area contributed by atoms with E-state index >= 15 is 0 Å². The summed E-state index contributed by atoms with van der Waals surface area (Å²) in [4.78, 5) is 35.8. The molecule has 2 amide bonds. The molecule has 0 radical (unpaired) electrons. The molecule has 2 rings (SSSR count). The first-order chi connectivity index (χ1) is 10.0. The van der Waals surface area contributed by atoms with Gasteiger partial charge in [0, 0.05) is 6.54 Å². The number of ether oxygens (including phenoxy) is 1. The molecule has 1 aliphatic rings. The lowest BCUT2D eigenvalue weighted by Gasteiger charge is -2.33. The molecule has 0 spiro atoms. The first-order valence-corrected chi connectivity index (χ1v) is 6.45. The molecule has 2 N–H and O–H groups in total. The smallest absolute Gasteiger partial charge is 0.413 e. The molecule has 0 saturated heterocycles. The standard InChI is InChI=1S/C14H16N2O5/c1-21-14(20)15-11(17)8-16-7-6-9-4-2-3-5-10(9)12(16)13(18)19/h2-5,12H,6-8H2,1H3,(H,18,19)(H,15,17,20). The van der Waals surface area contributed by atoms with E-state index in [9.17, 15) is 19.5 Å². The van der Waals surface area contributed by atoms with E-state index in [1.165, 1.54) is 4.90 Å². The van der Waals surface area contributed by atoms with Crippen LogP contribution in [0.5, 0.6) is 0 Å². The van der Waals surface area contributed by atoms with Crippen LogP contribution in [-0.2, 0) is 20.7 Å². The van der Waals surface area contributed by atoms with Crippen molar-refractivity contribution in [1.82, 2.24) is 10.2 Å². The van der Waals surface area contributed by atoms with Crippen LogP contribution in [0.25, 0.3) is 0 Å². The number of alkyl carbamates (subject to hydrolysis) is 1. The third kappa shape index (κ3) is 3.38. The second kappa shape index (κ2) is 6.36. The van der Waals surface area contributed by atoms with Crippen LogP contribution >= 0.6 is 0 Å². The summed E-state index contributed by atoms with van der Waals surface area (Å²) in [5.41, 5.74) is 1.65.